The average Bonchev–Trinajstić information content (AvgIpc) is 3.18. The summed E-state index contributed by atoms with van der Waals surface area (Å²) in [4.78, 5) is 13.2. The van der Waals surface area contributed by atoms with Crippen molar-refractivity contribution in [3.05, 3.63) is 89.9 Å². The molecular weight excluding hydrogens is 378 g/mol. The number of ether oxygens (including phenoxy) is 1. The van der Waals surface area contributed by atoms with Crippen molar-refractivity contribution < 1.29 is 9.53 Å². The fourth-order valence-electron chi connectivity index (χ4n) is 3.34. The van der Waals surface area contributed by atoms with E-state index in [1.165, 1.54) is 0 Å². The van der Waals surface area contributed by atoms with Gasteiger partial charge in [-0.2, -0.15) is 0 Å². The van der Waals surface area contributed by atoms with Crippen molar-refractivity contribution in [3.63, 3.8) is 0 Å². The minimum atomic E-state index is -0.576. The number of aromatic nitrogens is 3. The molecule has 0 aliphatic carbocycles. The highest BCUT2D eigenvalue weighted by atomic mass is 16.5. The second-order valence-electron chi connectivity index (χ2n) is 6.96. The molecule has 4 aromatic rings. The number of benzene rings is 2. The van der Waals surface area contributed by atoms with Gasteiger partial charge in [0.2, 0.25) is 5.91 Å². The SMILES string of the molecule is COc1ccc(C)cc1NC(=O)[C@H](NCc1nnc2ccccn12)c1ccccc1. The van der Waals surface area contributed by atoms with Crippen molar-refractivity contribution in [2.24, 2.45) is 0 Å². The molecule has 1 amide bonds. The first kappa shape index (κ1) is 19.6. The summed E-state index contributed by atoms with van der Waals surface area (Å²) in [6.45, 7) is 2.35. The van der Waals surface area contributed by atoms with Crippen molar-refractivity contribution >= 4 is 17.2 Å². The van der Waals surface area contributed by atoms with Crippen LogP contribution in [0.15, 0.2) is 72.9 Å². The van der Waals surface area contributed by atoms with Crippen LogP contribution in [0.5, 0.6) is 5.75 Å². The van der Waals surface area contributed by atoms with Gasteiger partial charge in [0.15, 0.2) is 11.5 Å². The van der Waals surface area contributed by atoms with E-state index in [4.69, 9.17) is 4.74 Å². The first-order chi connectivity index (χ1) is 14.7. The zero-order valence-corrected chi connectivity index (χ0v) is 16.9. The number of rotatable bonds is 7. The molecule has 2 aromatic heterocycles. The normalized spacial score (nSPS) is 11.9. The van der Waals surface area contributed by atoms with Crippen LogP contribution >= 0.6 is 0 Å². The van der Waals surface area contributed by atoms with Gasteiger partial charge in [-0.3, -0.25) is 14.5 Å². The predicted molar refractivity (Wildman–Crippen MR) is 115 cm³/mol. The van der Waals surface area contributed by atoms with Crippen LogP contribution in [0, 0.1) is 6.92 Å². The van der Waals surface area contributed by atoms with Crippen LogP contribution in [0.1, 0.15) is 23.0 Å². The molecule has 2 aromatic carbocycles. The molecule has 0 aliphatic heterocycles. The summed E-state index contributed by atoms with van der Waals surface area (Å²) in [7, 11) is 1.59. The van der Waals surface area contributed by atoms with Crippen LogP contribution in [-0.4, -0.2) is 27.6 Å². The van der Waals surface area contributed by atoms with Crippen LogP contribution in [0.25, 0.3) is 5.65 Å². The molecule has 1 atom stereocenters. The molecule has 0 radical (unpaired) electrons. The largest absolute Gasteiger partial charge is 0.495 e. The number of hydrogen-bond acceptors (Lipinski definition) is 5. The van der Waals surface area contributed by atoms with Gasteiger partial charge >= 0.3 is 0 Å². The van der Waals surface area contributed by atoms with Gasteiger partial charge in [0, 0.05) is 6.20 Å². The molecule has 7 nitrogen and oxygen atoms in total. The lowest BCUT2D eigenvalue weighted by atomic mass is 10.1. The second-order valence-corrected chi connectivity index (χ2v) is 6.96. The number of methoxy groups -OCH3 is 1. The minimum Gasteiger partial charge on any atom is -0.495 e. The Kier molecular flexibility index (Phi) is 5.72. The highest BCUT2D eigenvalue weighted by Crippen LogP contribution is 2.26. The molecule has 0 saturated heterocycles. The van der Waals surface area contributed by atoms with E-state index in [1.807, 2.05) is 84.3 Å². The summed E-state index contributed by atoms with van der Waals surface area (Å²) < 4.78 is 7.30. The fraction of sp³-hybridized carbons (Fsp3) is 0.174. The van der Waals surface area contributed by atoms with Gasteiger partial charge in [0.25, 0.3) is 0 Å². The Labute approximate surface area is 174 Å². The van der Waals surface area contributed by atoms with Crippen molar-refractivity contribution in [1.82, 2.24) is 19.9 Å². The second kappa shape index (κ2) is 8.75. The summed E-state index contributed by atoms with van der Waals surface area (Å²) >= 11 is 0. The molecule has 7 heteroatoms. The third-order valence-corrected chi connectivity index (χ3v) is 4.86. The Bertz CT molecular complexity index is 1160. The maximum absolute atomic E-state index is 13.2. The van der Waals surface area contributed by atoms with E-state index in [0.29, 0.717) is 18.0 Å². The third-order valence-electron chi connectivity index (χ3n) is 4.86. The lowest BCUT2D eigenvalue weighted by Gasteiger charge is -2.20. The number of fused-ring (bicyclic) bond motifs is 1. The number of nitrogens with one attached hydrogen (secondary N) is 2. The monoisotopic (exact) mass is 401 g/mol. The topological polar surface area (TPSA) is 80.5 Å². The van der Waals surface area contributed by atoms with E-state index in [-0.39, 0.29) is 5.91 Å². The number of carbonyl (C=O) groups is 1. The highest BCUT2D eigenvalue weighted by molar-refractivity contribution is 5.96. The van der Waals surface area contributed by atoms with E-state index >= 15 is 0 Å². The molecule has 4 rings (SSSR count). The van der Waals surface area contributed by atoms with Crippen molar-refractivity contribution in [2.75, 3.05) is 12.4 Å². The summed E-state index contributed by atoms with van der Waals surface area (Å²) in [5.41, 5.74) is 3.29. The quantitative estimate of drug-likeness (QED) is 0.495. The Morgan fingerprint density at radius 1 is 1.07 bits per heavy atom. The van der Waals surface area contributed by atoms with Crippen LogP contribution in [0.2, 0.25) is 0 Å². The number of carbonyl (C=O) groups excluding carboxylic acids is 1. The smallest absolute Gasteiger partial charge is 0.246 e. The molecule has 0 fully saturated rings. The van der Waals surface area contributed by atoms with Gasteiger partial charge in [-0.15, -0.1) is 10.2 Å². The molecule has 152 valence electrons. The number of nitrogens with zero attached hydrogens (tertiary/aromatic N) is 3. The molecule has 0 aliphatic rings. The van der Waals surface area contributed by atoms with Crippen molar-refractivity contribution in [2.45, 2.75) is 19.5 Å². The number of aryl methyl sites for hydroxylation is 1. The molecular formula is C23H23N5O2. The van der Waals surface area contributed by atoms with E-state index in [1.54, 1.807) is 7.11 Å². The van der Waals surface area contributed by atoms with E-state index < -0.39 is 6.04 Å². The lowest BCUT2D eigenvalue weighted by Crippen LogP contribution is -2.33. The Morgan fingerprint density at radius 3 is 2.67 bits per heavy atom. The number of hydrogen-bond donors (Lipinski definition) is 2. The molecule has 0 saturated carbocycles. The first-order valence-corrected chi connectivity index (χ1v) is 9.68. The third kappa shape index (κ3) is 4.16. The van der Waals surface area contributed by atoms with Gasteiger partial charge in [0.1, 0.15) is 11.8 Å². The number of pyridine rings is 1. The Balaban J connectivity index is 1.59. The van der Waals surface area contributed by atoms with Gasteiger partial charge < -0.3 is 10.1 Å². The Hall–Kier alpha value is -3.71. The van der Waals surface area contributed by atoms with Crippen LogP contribution in [0.3, 0.4) is 0 Å². The van der Waals surface area contributed by atoms with Gasteiger partial charge in [-0.1, -0.05) is 42.5 Å². The minimum absolute atomic E-state index is 0.182. The molecule has 2 heterocycles. The summed E-state index contributed by atoms with van der Waals surface area (Å²) in [5.74, 6) is 1.16. The fourth-order valence-corrected chi connectivity index (χ4v) is 3.34. The summed E-state index contributed by atoms with van der Waals surface area (Å²) in [5, 5.41) is 14.7. The van der Waals surface area contributed by atoms with Gasteiger partial charge in [0.05, 0.1) is 19.3 Å². The van der Waals surface area contributed by atoms with Crippen molar-refractivity contribution in [1.29, 1.82) is 0 Å². The van der Waals surface area contributed by atoms with Crippen LogP contribution < -0.4 is 15.4 Å². The molecule has 2 N–H and O–H groups in total. The van der Waals surface area contributed by atoms with Gasteiger partial charge in [-0.25, -0.2) is 0 Å². The summed E-state index contributed by atoms with van der Waals surface area (Å²) in [6, 6.07) is 20.4. The molecule has 0 spiro atoms. The van der Waals surface area contributed by atoms with Crippen molar-refractivity contribution in [3.8, 4) is 5.75 Å². The standard InChI is InChI=1S/C23H23N5O2/c1-16-11-12-19(30-2)18(14-16)25-23(29)22(17-8-4-3-5-9-17)24-15-21-27-26-20-10-6-7-13-28(20)21/h3-14,22,24H,15H2,1-2H3,(H,25,29)/t22-/m1/s1. The van der Waals surface area contributed by atoms with E-state index in [9.17, 15) is 4.79 Å². The molecule has 30 heavy (non-hydrogen) atoms. The van der Waals surface area contributed by atoms with E-state index in [0.717, 1.165) is 22.6 Å². The summed E-state index contributed by atoms with van der Waals surface area (Å²) in [6.07, 6.45) is 1.90. The number of amides is 1. The highest BCUT2D eigenvalue weighted by Gasteiger charge is 2.22. The predicted octanol–water partition coefficient (Wildman–Crippen LogP) is 3.52. The lowest BCUT2D eigenvalue weighted by molar-refractivity contribution is -0.118. The van der Waals surface area contributed by atoms with E-state index in [2.05, 4.69) is 20.8 Å². The maximum Gasteiger partial charge on any atom is 0.246 e. The van der Waals surface area contributed by atoms with Crippen LogP contribution in [-0.2, 0) is 11.3 Å². The Morgan fingerprint density at radius 2 is 1.87 bits per heavy atom. The maximum atomic E-state index is 13.2. The number of anilines is 1. The molecule has 0 unspecified atom stereocenters. The van der Waals surface area contributed by atoms with Crippen LogP contribution in [0.4, 0.5) is 5.69 Å². The molecule has 0 bridgehead atoms. The zero-order valence-electron chi connectivity index (χ0n) is 16.9. The van der Waals surface area contributed by atoms with Gasteiger partial charge in [-0.05, 0) is 42.3 Å². The zero-order chi connectivity index (χ0) is 20.9. The average molecular weight is 401 g/mol. The first-order valence-electron chi connectivity index (χ1n) is 9.68.